The monoisotopic (exact) mass is 422 g/mol. The van der Waals surface area contributed by atoms with Crippen molar-refractivity contribution in [1.82, 2.24) is 20.8 Å². The molecule has 2 amide bonds. The fourth-order valence-corrected chi connectivity index (χ4v) is 2.94. The van der Waals surface area contributed by atoms with Gasteiger partial charge in [0, 0.05) is 31.5 Å². The Bertz CT molecular complexity index is 1030. The van der Waals surface area contributed by atoms with Gasteiger partial charge >= 0.3 is 0 Å². The van der Waals surface area contributed by atoms with Gasteiger partial charge in [-0.05, 0) is 23.6 Å². The summed E-state index contributed by atoms with van der Waals surface area (Å²) in [5, 5.41) is 19.0. The summed E-state index contributed by atoms with van der Waals surface area (Å²) in [4.78, 5) is 28.3. The summed E-state index contributed by atoms with van der Waals surface area (Å²) in [6.07, 6.45) is 0.522. The van der Waals surface area contributed by atoms with Crippen LogP contribution in [0, 0.1) is 0 Å². The van der Waals surface area contributed by atoms with Gasteiger partial charge in [0.15, 0.2) is 0 Å². The number of nitrogens with one attached hydrogen (secondary N) is 2. The van der Waals surface area contributed by atoms with Crippen LogP contribution in [0.25, 0.3) is 11.4 Å². The highest BCUT2D eigenvalue weighted by Crippen LogP contribution is 2.20. The van der Waals surface area contributed by atoms with Crippen molar-refractivity contribution in [3.63, 3.8) is 0 Å². The Labute approximate surface area is 180 Å². The van der Waals surface area contributed by atoms with Crippen LogP contribution < -0.4 is 10.6 Å². The van der Waals surface area contributed by atoms with E-state index in [4.69, 9.17) is 4.52 Å². The van der Waals surface area contributed by atoms with E-state index in [2.05, 4.69) is 34.6 Å². The van der Waals surface area contributed by atoms with Crippen molar-refractivity contribution in [2.24, 2.45) is 0 Å². The van der Waals surface area contributed by atoms with Gasteiger partial charge in [-0.25, -0.2) is 0 Å². The van der Waals surface area contributed by atoms with Gasteiger partial charge in [0.2, 0.25) is 17.6 Å². The summed E-state index contributed by atoms with van der Waals surface area (Å²) in [7, 11) is 0. The highest BCUT2D eigenvalue weighted by molar-refractivity contribution is 5.96. The number of carbonyl (C=O) groups excluding carboxylic acids is 2. The molecule has 3 aromatic rings. The van der Waals surface area contributed by atoms with Crippen LogP contribution in [0.2, 0.25) is 0 Å². The summed E-state index contributed by atoms with van der Waals surface area (Å²) in [5.74, 6) is 0.680. The molecule has 0 fully saturated rings. The number of para-hydroxylation sites is 1. The molecule has 0 saturated carbocycles. The van der Waals surface area contributed by atoms with E-state index in [-0.39, 0.29) is 36.7 Å². The lowest BCUT2D eigenvalue weighted by molar-refractivity contribution is -0.121. The zero-order valence-corrected chi connectivity index (χ0v) is 17.6. The van der Waals surface area contributed by atoms with E-state index in [0.29, 0.717) is 24.1 Å². The maximum absolute atomic E-state index is 12.0. The van der Waals surface area contributed by atoms with Crippen molar-refractivity contribution in [2.45, 2.75) is 32.6 Å². The Morgan fingerprint density at radius 2 is 1.74 bits per heavy atom. The lowest BCUT2D eigenvalue weighted by Crippen LogP contribution is -2.34. The van der Waals surface area contributed by atoms with Crippen LogP contribution in [-0.2, 0) is 11.2 Å². The fourth-order valence-electron chi connectivity index (χ4n) is 2.94. The smallest absolute Gasteiger partial charge is 0.255 e. The molecule has 0 atom stereocenters. The normalized spacial score (nSPS) is 10.8. The summed E-state index contributed by atoms with van der Waals surface area (Å²) in [6.45, 7) is 4.79. The van der Waals surface area contributed by atoms with E-state index in [1.54, 1.807) is 12.1 Å². The lowest BCUT2D eigenvalue weighted by Gasteiger charge is -2.07. The van der Waals surface area contributed by atoms with Crippen LogP contribution in [0.15, 0.2) is 53.1 Å². The summed E-state index contributed by atoms with van der Waals surface area (Å²) in [6, 6.07) is 14.3. The Morgan fingerprint density at radius 1 is 1.03 bits per heavy atom. The number of hydrogen-bond donors (Lipinski definition) is 3. The predicted molar refractivity (Wildman–Crippen MR) is 116 cm³/mol. The number of phenolic OH excluding ortho intramolecular Hbond substituents is 1. The number of carbonyl (C=O) groups is 2. The van der Waals surface area contributed by atoms with Crippen molar-refractivity contribution in [1.29, 1.82) is 0 Å². The Hall–Kier alpha value is -3.68. The van der Waals surface area contributed by atoms with Gasteiger partial charge in [0.25, 0.3) is 5.91 Å². The number of aromatic hydroxyl groups is 1. The number of amides is 2. The molecular weight excluding hydrogens is 396 g/mol. The van der Waals surface area contributed by atoms with Crippen LogP contribution in [-0.4, -0.2) is 40.2 Å². The van der Waals surface area contributed by atoms with Crippen molar-refractivity contribution in [3.8, 4) is 17.1 Å². The second-order valence-electron chi connectivity index (χ2n) is 7.41. The molecule has 162 valence electrons. The van der Waals surface area contributed by atoms with Crippen molar-refractivity contribution in [2.75, 3.05) is 13.1 Å². The highest BCUT2D eigenvalue weighted by atomic mass is 16.5. The molecule has 31 heavy (non-hydrogen) atoms. The molecule has 0 unspecified atom stereocenters. The average Bonchev–Trinajstić information content (AvgIpc) is 3.24. The van der Waals surface area contributed by atoms with E-state index < -0.39 is 5.91 Å². The molecule has 0 radical (unpaired) electrons. The Morgan fingerprint density at radius 3 is 2.45 bits per heavy atom. The fraction of sp³-hybridized carbons (Fsp3) is 0.304. The van der Waals surface area contributed by atoms with E-state index in [1.165, 1.54) is 17.7 Å². The molecule has 0 aliphatic heterocycles. The number of aromatic nitrogens is 2. The van der Waals surface area contributed by atoms with Crippen LogP contribution in [0.3, 0.4) is 0 Å². The SMILES string of the molecule is CC(C)c1ccc(-c2noc(CCC(=O)NCCNC(=O)c3ccccc3O)n2)cc1. The number of hydrogen-bond acceptors (Lipinski definition) is 6. The van der Waals surface area contributed by atoms with Crippen molar-refractivity contribution < 1.29 is 19.2 Å². The first-order valence-corrected chi connectivity index (χ1v) is 10.2. The third-order valence-corrected chi connectivity index (χ3v) is 4.75. The van der Waals surface area contributed by atoms with Gasteiger partial charge in [-0.2, -0.15) is 4.98 Å². The van der Waals surface area contributed by atoms with Gasteiger partial charge < -0.3 is 20.3 Å². The lowest BCUT2D eigenvalue weighted by atomic mass is 10.0. The van der Waals surface area contributed by atoms with Crippen molar-refractivity contribution >= 4 is 11.8 Å². The molecule has 0 aliphatic carbocycles. The molecule has 1 aromatic heterocycles. The second-order valence-corrected chi connectivity index (χ2v) is 7.41. The third kappa shape index (κ3) is 6.15. The highest BCUT2D eigenvalue weighted by Gasteiger charge is 2.12. The molecular formula is C23H26N4O4. The molecule has 1 heterocycles. The number of nitrogens with zero attached hydrogens (tertiary/aromatic N) is 2. The number of rotatable bonds is 9. The largest absolute Gasteiger partial charge is 0.507 e. The van der Waals surface area contributed by atoms with Crippen LogP contribution in [0.1, 0.15) is 48.0 Å². The average molecular weight is 422 g/mol. The first-order valence-electron chi connectivity index (χ1n) is 10.2. The van der Waals surface area contributed by atoms with Gasteiger partial charge in [0.05, 0.1) is 5.56 Å². The molecule has 0 bridgehead atoms. The molecule has 8 heteroatoms. The molecule has 8 nitrogen and oxygen atoms in total. The minimum atomic E-state index is -0.396. The van der Waals surface area contributed by atoms with Crippen molar-refractivity contribution in [3.05, 3.63) is 65.5 Å². The minimum Gasteiger partial charge on any atom is -0.507 e. The molecule has 2 aromatic carbocycles. The third-order valence-electron chi connectivity index (χ3n) is 4.75. The number of phenols is 1. The van der Waals surface area contributed by atoms with E-state index in [1.807, 2.05) is 24.3 Å². The zero-order chi connectivity index (χ0) is 22.2. The maximum Gasteiger partial charge on any atom is 0.255 e. The minimum absolute atomic E-state index is 0.0844. The Balaban J connectivity index is 1.39. The molecule has 0 spiro atoms. The zero-order valence-electron chi connectivity index (χ0n) is 17.6. The predicted octanol–water partition coefficient (Wildman–Crippen LogP) is 3.04. The van der Waals surface area contributed by atoms with E-state index >= 15 is 0 Å². The number of benzene rings is 2. The standard InChI is InChI=1S/C23H26N4O4/c1-15(2)16-7-9-17(10-8-16)22-26-21(31-27-22)12-11-20(29)24-13-14-25-23(30)18-5-3-4-6-19(18)28/h3-10,15,28H,11-14H2,1-2H3,(H,24,29)(H,25,30). The maximum atomic E-state index is 12.0. The number of aryl methyl sites for hydroxylation is 1. The second kappa shape index (κ2) is 10.4. The van der Waals surface area contributed by atoms with Gasteiger partial charge in [-0.3, -0.25) is 9.59 Å². The summed E-state index contributed by atoms with van der Waals surface area (Å²) in [5.41, 5.74) is 2.30. The van der Waals surface area contributed by atoms with Crippen LogP contribution in [0.4, 0.5) is 0 Å². The van der Waals surface area contributed by atoms with Gasteiger partial charge in [0.1, 0.15) is 5.75 Å². The molecule has 3 N–H and O–H groups in total. The van der Waals surface area contributed by atoms with E-state index in [9.17, 15) is 14.7 Å². The van der Waals surface area contributed by atoms with Crippen LogP contribution >= 0.6 is 0 Å². The molecule has 0 aliphatic rings. The topological polar surface area (TPSA) is 117 Å². The Kier molecular flexibility index (Phi) is 7.37. The van der Waals surface area contributed by atoms with E-state index in [0.717, 1.165) is 5.56 Å². The molecule has 0 saturated heterocycles. The summed E-state index contributed by atoms with van der Waals surface area (Å²) < 4.78 is 5.24. The van der Waals surface area contributed by atoms with Gasteiger partial charge in [-0.15, -0.1) is 0 Å². The summed E-state index contributed by atoms with van der Waals surface area (Å²) >= 11 is 0. The van der Waals surface area contributed by atoms with Crippen LogP contribution in [0.5, 0.6) is 5.75 Å². The van der Waals surface area contributed by atoms with Gasteiger partial charge in [-0.1, -0.05) is 55.4 Å². The quantitative estimate of drug-likeness (QED) is 0.456. The molecule has 3 rings (SSSR count). The first-order chi connectivity index (χ1) is 14.9. The first kappa shape index (κ1) is 22.0.